The lowest BCUT2D eigenvalue weighted by Gasteiger charge is -2.11. The van der Waals surface area contributed by atoms with Gasteiger partial charge in [-0.05, 0) is 29.5 Å². The summed E-state index contributed by atoms with van der Waals surface area (Å²) in [4.78, 5) is 13.2. The summed E-state index contributed by atoms with van der Waals surface area (Å²) in [5, 5.41) is 12.2. The van der Waals surface area contributed by atoms with Crippen molar-refractivity contribution in [3.63, 3.8) is 0 Å². The second-order valence-corrected chi connectivity index (χ2v) is 5.29. The van der Waals surface area contributed by atoms with Gasteiger partial charge in [-0.3, -0.25) is 4.79 Å². The van der Waals surface area contributed by atoms with Crippen LogP contribution in [0.25, 0.3) is 5.69 Å². The molecule has 8 heteroatoms. The highest BCUT2D eigenvalue weighted by molar-refractivity contribution is 7.99. The number of carbonyl (C=O) groups is 1. The number of amides is 1. The lowest BCUT2D eigenvalue weighted by Crippen LogP contribution is -2.23. The highest BCUT2D eigenvalue weighted by Gasteiger charge is 2.15. The van der Waals surface area contributed by atoms with Crippen LogP contribution in [0.3, 0.4) is 0 Å². The fourth-order valence-corrected chi connectivity index (χ4v) is 2.45. The SMILES string of the molecule is CCOc1ccccc1-n1nnnc1SCC(=O)N(C)C. The van der Waals surface area contributed by atoms with Gasteiger partial charge in [-0.2, -0.15) is 4.68 Å². The first-order chi connectivity index (χ1) is 10.1. The molecule has 0 fully saturated rings. The van der Waals surface area contributed by atoms with E-state index in [-0.39, 0.29) is 11.7 Å². The fourth-order valence-electron chi connectivity index (χ4n) is 1.59. The molecule has 1 amide bonds. The molecular formula is C13H17N5O2S. The summed E-state index contributed by atoms with van der Waals surface area (Å²) in [6, 6.07) is 7.51. The Morgan fingerprint density at radius 1 is 1.38 bits per heavy atom. The minimum atomic E-state index is 0.00708. The summed E-state index contributed by atoms with van der Waals surface area (Å²) in [5.41, 5.74) is 0.754. The quantitative estimate of drug-likeness (QED) is 0.748. The van der Waals surface area contributed by atoms with E-state index in [1.807, 2.05) is 31.2 Å². The Balaban J connectivity index is 2.22. The van der Waals surface area contributed by atoms with Crippen molar-refractivity contribution in [3.05, 3.63) is 24.3 Å². The number of hydrogen-bond donors (Lipinski definition) is 0. The van der Waals surface area contributed by atoms with E-state index in [0.717, 1.165) is 5.69 Å². The maximum absolute atomic E-state index is 11.7. The molecule has 1 aromatic carbocycles. The number of carbonyl (C=O) groups excluding carboxylic acids is 1. The maximum Gasteiger partial charge on any atom is 0.232 e. The third kappa shape index (κ3) is 3.72. The molecule has 1 aromatic heterocycles. The summed E-state index contributed by atoms with van der Waals surface area (Å²) in [6.45, 7) is 2.47. The molecule has 0 radical (unpaired) electrons. The average molecular weight is 307 g/mol. The molecule has 0 N–H and O–H groups in total. The molecule has 0 saturated carbocycles. The fraction of sp³-hybridized carbons (Fsp3) is 0.385. The molecule has 0 aliphatic carbocycles. The normalized spacial score (nSPS) is 10.4. The molecule has 0 unspecified atom stereocenters. The van der Waals surface area contributed by atoms with Gasteiger partial charge in [0.1, 0.15) is 11.4 Å². The number of ether oxygens (including phenoxy) is 1. The molecule has 2 rings (SSSR count). The predicted octanol–water partition coefficient (Wildman–Crippen LogP) is 1.24. The molecule has 0 aliphatic rings. The van der Waals surface area contributed by atoms with Crippen LogP contribution in [0.1, 0.15) is 6.92 Å². The van der Waals surface area contributed by atoms with Crippen molar-refractivity contribution in [3.8, 4) is 11.4 Å². The van der Waals surface area contributed by atoms with Crippen molar-refractivity contribution in [2.75, 3.05) is 26.5 Å². The van der Waals surface area contributed by atoms with Gasteiger partial charge in [0.25, 0.3) is 0 Å². The number of tetrazole rings is 1. The molecule has 2 aromatic rings. The number of benzene rings is 1. The highest BCUT2D eigenvalue weighted by atomic mass is 32.2. The first-order valence-corrected chi connectivity index (χ1v) is 7.45. The Morgan fingerprint density at radius 2 is 2.14 bits per heavy atom. The van der Waals surface area contributed by atoms with Crippen molar-refractivity contribution in [1.29, 1.82) is 0 Å². The molecule has 1 heterocycles. The zero-order valence-corrected chi connectivity index (χ0v) is 13.0. The molecule has 0 bridgehead atoms. The van der Waals surface area contributed by atoms with Crippen molar-refractivity contribution in [1.82, 2.24) is 25.1 Å². The topological polar surface area (TPSA) is 73.1 Å². The Morgan fingerprint density at radius 3 is 2.86 bits per heavy atom. The molecular weight excluding hydrogens is 290 g/mol. The van der Waals surface area contributed by atoms with Crippen LogP contribution in [0.15, 0.2) is 29.4 Å². The van der Waals surface area contributed by atoms with Crippen LogP contribution in [0.4, 0.5) is 0 Å². The van der Waals surface area contributed by atoms with E-state index >= 15 is 0 Å². The minimum absolute atomic E-state index is 0.00708. The third-order valence-electron chi connectivity index (χ3n) is 2.66. The van der Waals surface area contributed by atoms with Gasteiger partial charge in [-0.15, -0.1) is 5.10 Å². The van der Waals surface area contributed by atoms with E-state index < -0.39 is 0 Å². The zero-order valence-electron chi connectivity index (χ0n) is 12.2. The molecule has 0 aliphatic heterocycles. The molecule has 112 valence electrons. The second-order valence-electron chi connectivity index (χ2n) is 4.35. The smallest absolute Gasteiger partial charge is 0.232 e. The van der Waals surface area contributed by atoms with E-state index in [0.29, 0.717) is 17.5 Å². The zero-order chi connectivity index (χ0) is 15.2. The molecule has 7 nitrogen and oxygen atoms in total. The minimum Gasteiger partial charge on any atom is -0.492 e. The Hall–Kier alpha value is -2.09. The van der Waals surface area contributed by atoms with Crippen molar-refractivity contribution in [2.24, 2.45) is 0 Å². The predicted molar refractivity (Wildman–Crippen MR) is 79.7 cm³/mol. The number of rotatable bonds is 6. The molecule has 21 heavy (non-hydrogen) atoms. The van der Waals surface area contributed by atoms with Crippen LogP contribution >= 0.6 is 11.8 Å². The van der Waals surface area contributed by atoms with Crippen LogP contribution in [-0.4, -0.2) is 57.5 Å². The standard InChI is InChI=1S/C13H17N5O2S/c1-4-20-11-8-6-5-7-10(11)18-13(14-15-16-18)21-9-12(19)17(2)3/h5-8H,4,9H2,1-3H3. The summed E-state index contributed by atoms with van der Waals surface area (Å²) in [6.07, 6.45) is 0. The van der Waals surface area contributed by atoms with Gasteiger partial charge in [0.2, 0.25) is 11.1 Å². The van der Waals surface area contributed by atoms with Crippen LogP contribution in [0.2, 0.25) is 0 Å². The number of thioether (sulfide) groups is 1. The number of aromatic nitrogens is 4. The van der Waals surface area contributed by atoms with E-state index in [9.17, 15) is 4.79 Å². The average Bonchev–Trinajstić information content (AvgIpc) is 2.93. The molecule has 0 spiro atoms. The van der Waals surface area contributed by atoms with Crippen LogP contribution in [-0.2, 0) is 4.79 Å². The summed E-state index contributed by atoms with van der Waals surface area (Å²) in [5.74, 6) is 0.991. The van der Waals surface area contributed by atoms with E-state index in [1.54, 1.807) is 18.8 Å². The summed E-state index contributed by atoms with van der Waals surface area (Å²) < 4.78 is 7.16. The summed E-state index contributed by atoms with van der Waals surface area (Å²) >= 11 is 1.29. The monoisotopic (exact) mass is 307 g/mol. The third-order valence-corrected chi connectivity index (χ3v) is 3.56. The second kappa shape index (κ2) is 7.07. The van der Waals surface area contributed by atoms with Gasteiger partial charge in [0.05, 0.1) is 12.4 Å². The van der Waals surface area contributed by atoms with Crippen molar-refractivity contribution >= 4 is 17.7 Å². The number of nitrogens with zero attached hydrogens (tertiary/aromatic N) is 5. The molecule has 0 atom stereocenters. The first-order valence-electron chi connectivity index (χ1n) is 6.47. The lowest BCUT2D eigenvalue weighted by atomic mass is 10.3. The van der Waals surface area contributed by atoms with Crippen molar-refractivity contribution in [2.45, 2.75) is 12.1 Å². The van der Waals surface area contributed by atoms with Crippen molar-refractivity contribution < 1.29 is 9.53 Å². The first kappa shape index (κ1) is 15.3. The van der Waals surface area contributed by atoms with Gasteiger partial charge >= 0.3 is 0 Å². The Kier molecular flexibility index (Phi) is 5.15. The largest absolute Gasteiger partial charge is 0.492 e. The Labute approximate surface area is 127 Å². The van der Waals surface area contributed by atoms with Crippen LogP contribution in [0.5, 0.6) is 5.75 Å². The van der Waals surface area contributed by atoms with Gasteiger partial charge in [-0.25, -0.2) is 0 Å². The van der Waals surface area contributed by atoms with Crippen LogP contribution in [0, 0.1) is 0 Å². The Bertz CT molecular complexity index is 614. The van der Waals surface area contributed by atoms with Gasteiger partial charge < -0.3 is 9.64 Å². The number of hydrogen-bond acceptors (Lipinski definition) is 6. The summed E-state index contributed by atoms with van der Waals surface area (Å²) in [7, 11) is 3.44. The molecule has 0 saturated heterocycles. The maximum atomic E-state index is 11.7. The lowest BCUT2D eigenvalue weighted by molar-refractivity contribution is -0.125. The van der Waals surface area contributed by atoms with E-state index in [2.05, 4.69) is 15.5 Å². The van der Waals surface area contributed by atoms with Gasteiger partial charge in [-0.1, -0.05) is 23.9 Å². The highest BCUT2D eigenvalue weighted by Crippen LogP contribution is 2.25. The van der Waals surface area contributed by atoms with E-state index in [1.165, 1.54) is 16.7 Å². The van der Waals surface area contributed by atoms with Gasteiger partial charge in [0, 0.05) is 14.1 Å². The van der Waals surface area contributed by atoms with E-state index in [4.69, 9.17) is 4.74 Å². The van der Waals surface area contributed by atoms with Gasteiger partial charge in [0.15, 0.2) is 0 Å². The number of para-hydroxylation sites is 2. The van der Waals surface area contributed by atoms with Crippen LogP contribution < -0.4 is 4.74 Å².